The van der Waals surface area contributed by atoms with E-state index in [9.17, 15) is 14.4 Å². The highest BCUT2D eigenvalue weighted by atomic mass is 32.1. The Bertz CT molecular complexity index is 768. The minimum atomic E-state index is -1.19. The maximum Gasteiger partial charge on any atom is 0.326 e. The number of aromatic nitrogens is 1. The summed E-state index contributed by atoms with van der Waals surface area (Å²) in [5.74, 6) is -2.41. The fourth-order valence-electron chi connectivity index (χ4n) is 4.70. The van der Waals surface area contributed by atoms with Crippen molar-refractivity contribution < 1.29 is 19.1 Å². The molecule has 1 aromatic rings. The minimum absolute atomic E-state index is 0.245. The number of aryl methyl sites for hydroxylation is 2. The molecule has 1 aliphatic carbocycles. The Morgan fingerprint density at radius 2 is 2.08 bits per heavy atom. The molecule has 0 aromatic carbocycles. The van der Waals surface area contributed by atoms with Crippen LogP contribution in [0.25, 0.3) is 0 Å². The highest BCUT2D eigenvalue weighted by molar-refractivity contribution is 7.11. The maximum absolute atomic E-state index is 12.8. The van der Waals surface area contributed by atoms with Gasteiger partial charge in [0.2, 0.25) is 11.8 Å². The van der Waals surface area contributed by atoms with E-state index in [1.807, 2.05) is 6.92 Å². The summed E-state index contributed by atoms with van der Waals surface area (Å²) in [6.07, 6.45) is 4.61. The SMILES string of the molecule is CC[C@]1(C(=O)OC)N[C@@H](c2nc3c(s2)CCCC3)[C@H]2C(=O)N(C)C(=O)[C@H]21. The van der Waals surface area contributed by atoms with Crippen LogP contribution in [0.1, 0.15) is 47.8 Å². The summed E-state index contributed by atoms with van der Waals surface area (Å²) in [4.78, 5) is 45.5. The number of ether oxygens (including phenoxy) is 1. The number of nitrogens with one attached hydrogen (secondary N) is 1. The number of nitrogens with zero attached hydrogens (tertiary/aromatic N) is 2. The van der Waals surface area contributed by atoms with E-state index >= 15 is 0 Å². The molecule has 0 bridgehead atoms. The lowest BCUT2D eigenvalue weighted by Crippen LogP contribution is -2.55. The third-order valence-electron chi connectivity index (χ3n) is 6.11. The number of fused-ring (bicyclic) bond motifs is 2. The van der Waals surface area contributed by atoms with E-state index in [0.717, 1.165) is 41.3 Å². The summed E-state index contributed by atoms with van der Waals surface area (Å²) >= 11 is 1.61. The molecule has 4 atom stereocenters. The Labute approximate surface area is 156 Å². The fourth-order valence-corrected chi connectivity index (χ4v) is 5.95. The van der Waals surface area contributed by atoms with Gasteiger partial charge in [0.25, 0.3) is 0 Å². The van der Waals surface area contributed by atoms with Gasteiger partial charge in [-0.05, 0) is 32.1 Å². The lowest BCUT2D eigenvalue weighted by Gasteiger charge is -2.30. The Balaban J connectivity index is 1.81. The van der Waals surface area contributed by atoms with Gasteiger partial charge < -0.3 is 4.74 Å². The van der Waals surface area contributed by atoms with Gasteiger partial charge in [0.1, 0.15) is 10.5 Å². The summed E-state index contributed by atoms with van der Waals surface area (Å²) in [7, 11) is 2.81. The van der Waals surface area contributed by atoms with Crippen molar-refractivity contribution in [3.63, 3.8) is 0 Å². The molecular weight excluding hydrogens is 354 g/mol. The van der Waals surface area contributed by atoms with Crippen LogP contribution in [-0.2, 0) is 32.0 Å². The van der Waals surface area contributed by atoms with Gasteiger partial charge in [-0.15, -0.1) is 11.3 Å². The molecule has 1 N–H and O–H groups in total. The van der Waals surface area contributed by atoms with Crippen molar-refractivity contribution in [1.29, 1.82) is 0 Å². The zero-order valence-corrected chi connectivity index (χ0v) is 16.0. The number of thiazole rings is 1. The second-order valence-electron chi connectivity index (χ2n) is 7.31. The van der Waals surface area contributed by atoms with E-state index in [0.29, 0.717) is 6.42 Å². The zero-order valence-electron chi connectivity index (χ0n) is 15.2. The Morgan fingerprint density at radius 3 is 2.73 bits per heavy atom. The molecule has 3 aliphatic rings. The predicted molar refractivity (Wildman–Crippen MR) is 94.4 cm³/mol. The van der Waals surface area contributed by atoms with E-state index in [4.69, 9.17) is 9.72 Å². The van der Waals surface area contributed by atoms with Gasteiger partial charge in [0.15, 0.2) is 0 Å². The molecule has 0 spiro atoms. The van der Waals surface area contributed by atoms with Crippen molar-refractivity contribution in [3.05, 3.63) is 15.6 Å². The van der Waals surface area contributed by atoms with Gasteiger partial charge >= 0.3 is 5.97 Å². The highest BCUT2D eigenvalue weighted by Crippen LogP contribution is 2.51. The molecule has 0 saturated carbocycles. The van der Waals surface area contributed by atoms with Crippen LogP contribution < -0.4 is 5.32 Å². The molecule has 2 amide bonds. The Morgan fingerprint density at radius 1 is 1.35 bits per heavy atom. The third-order valence-corrected chi connectivity index (χ3v) is 7.35. The number of amides is 2. The van der Waals surface area contributed by atoms with Crippen LogP contribution in [0.5, 0.6) is 0 Å². The Kier molecular flexibility index (Phi) is 4.15. The van der Waals surface area contributed by atoms with Crippen molar-refractivity contribution in [2.24, 2.45) is 11.8 Å². The second kappa shape index (κ2) is 6.13. The molecule has 4 rings (SSSR count). The van der Waals surface area contributed by atoms with E-state index in [1.54, 1.807) is 11.3 Å². The van der Waals surface area contributed by atoms with Gasteiger partial charge in [-0.2, -0.15) is 0 Å². The van der Waals surface area contributed by atoms with E-state index in [-0.39, 0.29) is 11.8 Å². The predicted octanol–water partition coefficient (Wildman–Crippen LogP) is 1.22. The van der Waals surface area contributed by atoms with Crippen LogP contribution in [0.2, 0.25) is 0 Å². The van der Waals surface area contributed by atoms with Crippen LogP contribution in [0.3, 0.4) is 0 Å². The first-order chi connectivity index (χ1) is 12.4. The zero-order chi connectivity index (χ0) is 18.6. The molecule has 2 aliphatic heterocycles. The molecular formula is C18H23N3O4S. The maximum atomic E-state index is 12.8. The van der Waals surface area contributed by atoms with Gasteiger partial charge in [-0.3, -0.25) is 24.6 Å². The number of hydrogen-bond acceptors (Lipinski definition) is 7. The van der Waals surface area contributed by atoms with Crippen molar-refractivity contribution in [2.45, 2.75) is 50.6 Å². The third kappa shape index (κ3) is 2.21. The van der Waals surface area contributed by atoms with Crippen LogP contribution in [0.15, 0.2) is 0 Å². The van der Waals surface area contributed by atoms with Gasteiger partial charge in [0, 0.05) is 11.9 Å². The summed E-state index contributed by atoms with van der Waals surface area (Å²) in [5, 5.41) is 4.13. The lowest BCUT2D eigenvalue weighted by molar-refractivity contribution is -0.154. The number of likely N-dealkylation sites (tertiary alicyclic amines) is 1. The number of esters is 1. The molecule has 2 saturated heterocycles. The van der Waals surface area contributed by atoms with E-state index in [1.165, 1.54) is 19.0 Å². The fraction of sp³-hybridized carbons (Fsp3) is 0.667. The number of carbonyl (C=O) groups is 3. The summed E-state index contributed by atoms with van der Waals surface area (Å²) < 4.78 is 5.02. The molecule has 0 radical (unpaired) electrons. The van der Waals surface area contributed by atoms with Crippen LogP contribution in [-0.4, -0.2) is 47.4 Å². The second-order valence-corrected chi connectivity index (χ2v) is 8.42. The Hall–Kier alpha value is -1.80. The molecule has 140 valence electrons. The molecule has 2 fully saturated rings. The molecule has 0 unspecified atom stereocenters. The van der Waals surface area contributed by atoms with Gasteiger partial charge in [0.05, 0.1) is 30.7 Å². The first kappa shape index (κ1) is 17.6. The standard InChI is InChI=1S/C18H23N3O4S/c1-4-18(17(24)25-3)12-11(15(22)21(2)16(12)23)13(20-18)14-19-9-7-5-6-8-10(9)26-14/h11-13,20H,4-8H2,1-3H3/t11-,12-,13+,18-/m0/s1. The normalized spacial score (nSPS) is 33.3. The minimum Gasteiger partial charge on any atom is -0.468 e. The van der Waals surface area contributed by atoms with Crippen LogP contribution in [0, 0.1) is 11.8 Å². The topological polar surface area (TPSA) is 88.6 Å². The van der Waals surface area contributed by atoms with Crippen molar-refractivity contribution in [1.82, 2.24) is 15.2 Å². The largest absolute Gasteiger partial charge is 0.468 e. The first-order valence-corrected chi connectivity index (χ1v) is 9.92. The van der Waals surface area contributed by atoms with Crippen molar-refractivity contribution in [2.75, 3.05) is 14.2 Å². The number of carbonyl (C=O) groups excluding carboxylic acids is 3. The van der Waals surface area contributed by atoms with Crippen LogP contribution >= 0.6 is 11.3 Å². The molecule has 7 nitrogen and oxygen atoms in total. The summed E-state index contributed by atoms with van der Waals surface area (Å²) in [6.45, 7) is 1.84. The number of rotatable bonds is 3. The van der Waals surface area contributed by atoms with E-state index < -0.39 is 29.4 Å². The van der Waals surface area contributed by atoms with E-state index in [2.05, 4.69) is 5.32 Å². The average molecular weight is 377 g/mol. The van der Waals surface area contributed by atoms with Crippen molar-refractivity contribution in [3.8, 4) is 0 Å². The number of imide groups is 1. The molecule has 3 heterocycles. The number of hydrogen-bond donors (Lipinski definition) is 1. The van der Waals surface area contributed by atoms with Gasteiger partial charge in [-0.25, -0.2) is 4.98 Å². The van der Waals surface area contributed by atoms with Gasteiger partial charge in [-0.1, -0.05) is 6.92 Å². The lowest BCUT2D eigenvalue weighted by atomic mass is 9.78. The summed E-state index contributed by atoms with van der Waals surface area (Å²) in [6, 6.07) is -0.434. The first-order valence-electron chi connectivity index (χ1n) is 9.10. The quantitative estimate of drug-likeness (QED) is 0.629. The highest BCUT2D eigenvalue weighted by Gasteiger charge is 2.68. The number of methoxy groups -OCH3 is 1. The monoisotopic (exact) mass is 377 g/mol. The average Bonchev–Trinajstić information content (AvgIpc) is 3.30. The van der Waals surface area contributed by atoms with Crippen molar-refractivity contribution >= 4 is 29.1 Å². The molecule has 26 heavy (non-hydrogen) atoms. The smallest absolute Gasteiger partial charge is 0.326 e. The molecule has 1 aromatic heterocycles. The summed E-state index contributed by atoms with van der Waals surface area (Å²) in [5.41, 5.74) is -0.0832. The van der Waals surface area contributed by atoms with Crippen LogP contribution in [0.4, 0.5) is 0 Å². The molecule has 8 heteroatoms.